The van der Waals surface area contributed by atoms with Gasteiger partial charge < -0.3 is 24.6 Å². The lowest BCUT2D eigenvalue weighted by Gasteiger charge is -2.34. The molecule has 2 aromatic heterocycles. The lowest BCUT2D eigenvalue weighted by atomic mass is 9.85. The molecule has 2 fully saturated rings. The smallest absolute Gasteiger partial charge is 0.296 e. The molecule has 11 heteroatoms. The van der Waals surface area contributed by atoms with Gasteiger partial charge in [0.05, 0.1) is 24.2 Å². The molecule has 5 rings (SSSR count). The first-order valence-corrected chi connectivity index (χ1v) is 13.9. The van der Waals surface area contributed by atoms with E-state index < -0.39 is 6.43 Å². The molecule has 212 valence electrons. The zero-order chi connectivity index (χ0) is 27.2. The Hall–Kier alpha value is -2.89. The monoisotopic (exact) mass is 543 g/mol. The van der Waals surface area contributed by atoms with E-state index in [0.717, 1.165) is 51.8 Å². The molecule has 9 nitrogen and oxygen atoms in total. The average Bonchev–Trinajstić information content (AvgIpc) is 3.37. The van der Waals surface area contributed by atoms with Crippen molar-refractivity contribution in [2.45, 2.75) is 44.6 Å². The summed E-state index contributed by atoms with van der Waals surface area (Å²) in [6.07, 6.45) is 2.89. The van der Waals surface area contributed by atoms with Crippen molar-refractivity contribution in [2.75, 3.05) is 70.4 Å². The van der Waals surface area contributed by atoms with Gasteiger partial charge >= 0.3 is 0 Å². The number of nitrogens with zero attached hydrogens (tertiary/aromatic N) is 6. The first kappa shape index (κ1) is 27.7. The van der Waals surface area contributed by atoms with Crippen LogP contribution in [-0.4, -0.2) is 90.6 Å². The molecular weight excluding hydrogens is 504 g/mol. The summed E-state index contributed by atoms with van der Waals surface area (Å²) < 4.78 is 40.4. The molecule has 3 aromatic rings. The molecular formula is C28H39F2N7O2. The van der Waals surface area contributed by atoms with Crippen molar-refractivity contribution in [3.05, 3.63) is 36.2 Å². The highest BCUT2D eigenvalue weighted by molar-refractivity contribution is 5.78. The fraction of sp³-hybridized carbons (Fsp3) is 0.607. The highest BCUT2D eigenvalue weighted by Gasteiger charge is 2.26. The molecule has 0 radical (unpaired) electrons. The number of nitrogens with one attached hydrogen (secondary N) is 1. The van der Waals surface area contributed by atoms with Crippen LogP contribution in [0.15, 0.2) is 30.3 Å². The number of benzene rings is 1. The van der Waals surface area contributed by atoms with Crippen molar-refractivity contribution in [1.82, 2.24) is 24.4 Å². The second-order valence-corrected chi connectivity index (χ2v) is 10.5. The van der Waals surface area contributed by atoms with Crippen LogP contribution in [0.5, 0.6) is 0 Å². The van der Waals surface area contributed by atoms with E-state index in [1.165, 1.54) is 4.57 Å². The number of rotatable bonds is 11. The quantitative estimate of drug-likeness (QED) is 0.354. The zero-order valence-corrected chi connectivity index (χ0v) is 22.9. The van der Waals surface area contributed by atoms with Crippen LogP contribution in [-0.2, 0) is 9.47 Å². The van der Waals surface area contributed by atoms with Gasteiger partial charge in [-0.2, -0.15) is 9.97 Å². The number of anilines is 2. The van der Waals surface area contributed by atoms with Crippen molar-refractivity contribution in [2.24, 2.45) is 5.92 Å². The molecule has 1 aliphatic heterocycles. The Balaban J connectivity index is 1.34. The minimum Gasteiger partial charge on any atom is -0.385 e. The number of halogens is 2. The number of aromatic nitrogens is 4. The predicted molar refractivity (Wildman–Crippen MR) is 148 cm³/mol. The van der Waals surface area contributed by atoms with E-state index in [9.17, 15) is 8.78 Å². The van der Waals surface area contributed by atoms with E-state index in [1.807, 2.05) is 6.07 Å². The van der Waals surface area contributed by atoms with Gasteiger partial charge in [-0.05, 0) is 57.2 Å². The van der Waals surface area contributed by atoms with Gasteiger partial charge in [-0.25, -0.2) is 13.8 Å². The van der Waals surface area contributed by atoms with Crippen molar-refractivity contribution in [3.8, 4) is 5.82 Å². The maximum absolute atomic E-state index is 14.1. The number of morpholine rings is 1. The number of fused-ring (bicyclic) bond motifs is 1. The van der Waals surface area contributed by atoms with Crippen LogP contribution in [0.2, 0.25) is 0 Å². The van der Waals surface area contributed by atoms with Crippen LogP contribution in [0.1, 0.15) is 44.4 Å². The SMILES string of the molecule is COCCCN(C)[C@H]1CC[C@H](CNc2nc(N3CCOCC3)cc(-n3c(C(F)F)nc4ccccc43)n2)CC1. The van der Waals surface area contributed by atoms with Crippen LogP contribution < -0.4 is 10.2 Å². The van der Waals surface area contributed by atoms with E-state index in [0.29, 0.717) is 66.9 Å². The van der Waals surface area contributed by atoms with Crippen LogP contribution in [0.3, 0.4) is 0 Å². The van der Waals surface area contributed by atoms with Gasteiger partial charge in [0, 0.05) is 52.0 Å². The first-order chi connectivity index (χ1) is 19.0. The fourth-order valence-corrected chi connectivity index (χ4v) is 5.67. The highest BCUT2D eigenvalue weighted by Crippen LogP contribution is 2.30. The van der Waals surface area contributed by atoms with Crippen LogP contribution >= 0.6 is 0 Å². The summed E-state index contributed by atoms with van der Waals surface area (Å²) in [6, 6.07) is 9.54. The van der Waals surface area contributed by atoms with Crippen LogP contribution in [0.4, 0.5) is 20.5 Å². The van der Waals surface area contributed by atoms with E-state index in [-0.39, 0.29) is 5.82 Å². The number of alkyl halides is 2. The molecule has 3 heterocycles. The Morgan fingerprint density at radius 1 is 1.08 bits per heavy atom. The highest BCUT2D eigenvalue weighted by atomic mass is 19.3. The molecule has 1 N–H and O–H groups in total. The Bertz CT molecular complexity index is 1210. The molecule has 39 heavy (non-hydrogen) atoms. The lowest BCUT2D eigenvalue weighted by Crippen LogP contribution is -2.37. The minimum absolute atomic E-state index is 0.318. The molecule has 0 atom stereocenters. The number of ether oxygens (including phenoxy) is 2. The fourth-order valence-electron chi connectivity index (χ4n) is 5.67. The molecule has 0 spiro atoms. The minimum atomic E-state index is -2.74. The van der Waals surface area contributed by atoms with Crippen molar-refractivity contribution in [1.29, 1.82) is 0 Å². The van der Waals surface area contributed by atoms with Crippen molar-refractivity contribution >= 4 is 22.8 Å². The van der Waals surface area contributed by atoms with Crippen LogP contribution in [0.25, 0.3) is 16.9 Å². The summed E-state index contributed by atoms with van der Waals surface area (Å²) in [4.78, 5) is 18.3. The molecule has 2 aliphatic rings. The summed E-state index contributed by atoms with van der Waals surface area (Å²) >= 11 is 0. The van der Waals surface area contributed by atoms with Gasteiger partial charge in [0.25, 0.3) is 6.43 Å². The van der Waals surface area contributed by atoms with Gasteiger partial charge in [0.2, 0.25) is 5.95 Å². The molecule has 1 saturated carbocycles. The van der Waals surface area contributed by atoms with Gasteiger partial charge in [-0.1, -0.05) is 12.1 Å². The summed E-state index contributed by atoms with van der Waals surface area (Å²) in [5, 5.41) is 3.45. The number of para-hydroxylation sites is 2. The van der Waals surface area contributed by atoms with Gasteiger partial charge in [-0.15, -0.1) is 0 Å². The topological polar surface area (TPSA) is 80.6 Å². The second-order valence-electron chi connectivity index (χ2n) is 10.5. The van der Waals surface area contributed by atoms with E-state index >= 15 is 0 Å². The Labute approximate surface area is 228 Å². The first-order valence-electron chi connectivity index (χ1n) is 13.9. The number of methoxy groups -OCH3 is 1. The van der Waals surface area contributed by atoms with E-state index in [1.54, 1.807) is 31.4 Å². The predicted octanol–water partition coefficient (Wildman–Crippen LogP) is 4.53. The summed E-state index contributed by atoms with van der Waals surface area (Å²) in [5.74, 6) is 1.73. The number of hydrogen-bond donors (Lipinski definition) is 1. The van der Waals surface area contributed by atoms with E-state index in [4.69, 9.17) is 19.4 Å². The van der Waals surface area contributed by atoms with E-state index in [2.05, 4.69) is 27.1 Å². The summed E-state index contributed by atoms with van der Waals surface area (Å²) in [5.41, 5.74) is 1.11. The molecule has 1 aromatic carbocycles. The third-order valence-electron chi connectivity index (χ3n) is 7.89. The van der Waals surface area contributed by atoms with Crippen LogP contribution in [0, 0.1) is 5.92 Å². The third kappa shape index (κ3) is 6.64. The number of hydrogen-bond acceptors (Lipinski definition) is 8. The van der Waals surface area contributed by atoms with Gasteiger partial charge in [0.15, 0.2) is 5.82 Å². The maximum atomic E-state index is 14.1. The number of imidazole rings is 1. The maximum Gasteiger partial charge on any atom is 0.296 e. The molecule has 0 unspecified atom stereocenters. The summed E-state index contributed by atoms with van der Waals surface area (Å²) in [6.45, 7) is 5.16. The van der Waals surface area contributed by atoms with Crippen molar-refractivity contribution in [3.63, 3.8) is 0 Å². The zero-order valence-electron chi connectivity index (χ0n) is 22.9. The third-order valence-corrected chi connectivity index (χ3v) is 7.89. The standard InChI is InChI=1S/C28H39F2N7O2/c1-35(12-5-15-38-2)21-10-8-20(9-11-21)19-31-28-33-24(36-13-16-39-17-14-36)18-25(34-28)37-23-7-4-3-6-22(23)32-27(37)26(29)30/h3-4,6-7,18,20-21,26H,5,8-17,19H2,1-2H3,(H,31,33,34)/t20-,21-. The lowest BCUT2D eigenvalue weighted by molar-refractivity contribution is 0.122. The molecule has 1 saturated heterocycles. The van der Waals surface area contributed by atoms with Gasteiger partial charge in [-0.3, -0.25) is 4.57 Å². The average molecular weight is 544 g/mol. The van der Waals surface area contributed by atoms with Gasteiger partial charge in [0.1, 0.15) is 11.6 Å². The molecule has 1 aliphatic carbocycles. The Morgan fingerprint density at radius 2 is 1.82 bits per heavy atom. The molecule has 0 amide bonds. The Kier molecular flexibility index (Phi) is 9.21. The summed E-state index contributed by atoms with van der Waals surface area (Å²) in [7, 11) is 3.95. The second kappa shape index (κ2) is 13.0. The normalized spacial score (nSPS) is 20.3. The van der Waals surface area contributed by atoms with Crippen molar-refractivity contribution < 1.29 is 18.3 Å². The largest absolute Gasteiger partial charge is 0.385 e. The Morgan fingerprint density at radius 3 is 2.56 bits per heavy atom. The molecule has 0 bridgehead atoms.